The van der Waals surface area contributed by atoms with Crippen molar-refractivity contribution in [1.29, 1.82) is 0 Å². The van der Waals surface area contributed by atoms with Gasteiger partial charge in [0.25, 0.3) is 0 Å². The van der Waals surface area contributed by atoms with Crippen LogP contribution in [0.4, 0.5) is 13.2 Å². The fourth-order valence-corrected chi connectivity index (χ4v) is 2.38. The van der Waals surface area contributed by atoms with Crippen LogP contribution in [-0.2, 0) is 20.4 Å². The number of aliphatic hydroxyl groups excluding tert-OH is 2. The fraction of sp³-hybridized carbons (Fsp3) is 0.500. The summed E-state index contributed by atoms with van der Waals surface area (Å²) in [5.41, 5.74) is -1.17. The molecule has 0 aromatic carbocycles. The van der Waals surface area contributed by atoms with Crippen molar-refractivity contribution in [2.24, 2.45) is 0 Å². The quantitative estimate of drug-likeness (QED) is 0.599. The molecule has 10 heteroatoms. The van der Waals surface area contributed by atoms with Crippen molar-refractivity contribution in [2.75, 3.05) is 7.11 Å². The minimum Gasteiger partial charge on any atom is -0.468 e. The Bertz CT molecular complexity index is 666. The molecule has 1 aliphatic heterocycles. The van der Waals surface area contributed by atoms with Crippen LogP contribution in [-0.4, -0.2) is 58.8 Å². The van der Waals surface area contributed by atoms with Crippen LogP contribution in [0.2, 0.25) is 0 Å². The lowest BCUT2D eigenvalue weighted by Gasteiger charge is -2.40. The van der Waals surface area contributed by atoms with Crippen molar-refractivity contribution in [3.05, 3.63) is 36.0 Å². The molecule has 7 nitrogen and oxygen atoms in total. The summed E-state index contributed by atoms with van der Waals surface area (Å²) in [5.74, 6) is -1.11. The Hall–Kier alpha value is -2.17. The lowest BCUT2D eigenvalue weighted by atomic mass is 9.95. The highest BCUT2D eigenvalue weighted by Gasteiger charge is 2.43. The van der Waals surface area contributed by atoms with Crippen LogP contribution in [0.1, 0.15) is 12.6 Å². The molecule has 5 atom stereocenters. The van der Waals surface area contributed by atoms with E-state index in [2.05, 4.69) is 9.72 Å². The van der Waals surface area contributed by atoms with Gasteiger partial charge in [-0.3, -0.25) is 0 Å². The monoisotopic (exact) mass is 377 g/mol. The van der Waals surface area contributed by atoms with Crippen LogP contribution in [0.5, 0.6) is 5.88 Å². The summed E-state index contributed by atoms with van der Waals surface area (Å²) in [5, 5.41) is 20.2. The van der Waals surface area contributed by atoms with E-state index in [1.54, 1.807) is 0 Å². The average molecular weight is 377 g/mol. The van der Waals surface area contributed by atoms with E-state index in [0.717, 1.165) is 25.3 Å². The first-order valence-corrected chi connectivity index (χ1v) is 7.62. The second kappa shape index (κ2) is 8.02. The molecule has 26 heavy (non-hydrogen) atoms. The number of hydrogen-bond donors (Lipinski definition) is 2. The Labute approximate surface area is 147 Å². The van der Waals surface area contributed by atoms with E-state index in [1.165, 1.54) is 19.1 Å². The molecule has 1 fully saturated rings. The predicted molar refractivity (Wildman–Crippen MR) is 81.2 cm³/mol. The Morgan fingerprint density at radius 1 is 1.31 bits per heavy atom. The van der Waals surface area contributed by atoms with Gasteiger partial charge in [-0.1, -0.05) is 6.07 Å². The Kier molecular flexibility index (Phi) is 6.21. The maximum Gasteiger partial charge on any atom is 0.433 e. The molecular formula is C16H18F3NO6. The van der Waals surface area contributed by atoms with Gasteiger partial charge < -0.3 is 24.4 Å². The first-order valence-electron chi connectivity index (χ1n) is 7.62. The molecule has 0 saturated carbocycles. The predicted octanol–water partition coefficient (Wildman–Crippen LogP) is 1.09. The van der Waals surface area contributed by atoms with Gasteiger partial charge in [0.15, 0.2) is 6.10 Å². The minimum atomic E-state index is -4.67. The summed E-state index contributed by atoms with van der Waals surface area (Å²) >= 11 is 0. The van der Waals surface area contributed by atoms with E-state index in [9.17, 15) is 28.2 Å². The molecule has 0 aliphatic carbocycles. The summed E-state index contributed by atoms with van der Waals surface area (Å²) in [6.07, 6.45) is -8.35. The molecule has 2 N–H and O–H groups in total. The van der Waals surface area contributed by atoms with E-state index >= 15 is 0 Å². The number of aromatic nitrogens is 1. The van der Waals surface area contributed by atoms with E-state index in [-0.39, 0.29) is 0 Å². The Balaban J connectivity index is 2.27. The zero-order valence-corrected chi connectivity index (χ0v) is 13.9. The Morgan fingerprint density at radius 2 is 2.00 bits per heavy atom. The van der Waals surface area contributed by atoms with Crippen LogP contribution < -0.4 is 4.74 Å². The highest BCUT2D eigenvalue weighted by Crippen LogP contribution is 2.30. The molecule has 0 unspecified atom stereocenters. The van der Waals surface area contributed by atoms with Gasteiger partial charge in [-0.2, -0.15) is 13.2 Å². The van der Waals surface area contributed by atoms with Crippen LogP contribution in [0.15, 0.2) is 30.4 Å². The third-order valence-corrected chi connectivity index (χ3v) is 3.76. The molecule has 0 bridgehead atoms. The third-order valence-electron chi connectivity index (χ3n) is 3.76. The highest BCUT2D eigenvalue weighted by molar-refractivity contribution is 5.81. The fourth-order valence-electron chi connectivity index (χ4n) is 2.38. The number of rotatable bonds is 4. The smallest absolute Gasteiger partial charge is 0.433 e. The van der Waals surface area contributed by atoms with Crippen LogP contribution in [0.3, 0.4) is 0 Å². The molecule has 1 aromatic heterocycles. The number of alkyl halides is 3. The van der Waals surface area contributed by atoms with E-state index < -0.39 is 54.2 Å². The van der Waals surface area contributed by atoms with Gasteiger partial charge in [0.1, 0.15) is 24.0 Å². The van der Waals surface area contributed by atoms with Gasteiger partial charge in [-0.15, -0.1) is 0 Å². The van der Waals surface area contributed by atoms with Crippen LogP contribution >= 0.6 is 0 Å². The largest absolute Gasteiger partial charge is 0.468 e. The average Bonchev–Trinajstić information content (AvgIpc) is 2.60. The van der Waals surface area contributed by atoms with Gasteiger partial charge >= 0.3 is 12.1 Å². The first kappa shape index (κ1) is 20.1. The molecule has 1 aliphatic rings. The number of halogens is 3. The standard InChI is InChI=1S/C16H18F3NO6/c1-8-13(22)14(23)15(9(25-8)6-7-12(21)24-2)26-11-5-3-4-10(20-11)16(17,18)19/h3-9,13-15,22-23H,1-2H3/b7-6+/t8-,9-,13+,14+,15+/m1/s1. The maximum atomic E-state index is 12.8. The molecule has 0 amide bonds. The number of methoxy groups -OCH3 is 1. The highest BCUT2D eigenvalue weighted by atomic mass is 19.4. The van der Waals surface area contributed by atoms with Crippen LogP contribution in [0.25, 0.3) is 0 Å². The molecule has 1 saturated heterocycles. The summed E-state index contributed by atoms with van der Waals surface area (Å²) in [4.78, 5) is 14.6. The van der Waals surface area contributed by atoms with Crippen molar-refractivity contribution in [2.45, 2.75) is 43.6 Å². The van der Waals surface area contributed by atoms with Crippen LogP contribution in [0, 0.1) is 0 Å². The number of ether oxygens (including phenoxy) is 3. The number of nitrogens with zero attached hydrogens (tertiary/aromatic N) is 1. The van der Waals surface area contributed by atoms with Gasteiger partial charge in [0, 0.05) is 12.1 Å². The summed E-state index contributed by atoms with van der Waals surface area (Å²) in [6, 6.07) is 3.04. The Morgan fingerprint density at radius 3 is 2.62 bits per heavy atom. The molecule has 144 valence electrons. The SMILES string of the molecule is COC(=O)/C=C/[C@H]1O[C@H](C)[C@H](O)[C@H](O)[C@H]1Oc1cccc(C(F)(F)F)n1. The van der Waals surface area contributed by atoms with E-state index in [0.29, 0.717) is 0 Å². The molecular weight excluding hydrogens is 359 g/mol. The summed E-state index contributed by atoms with van der Waals surface area (Å²) in [7, 11) is 1.16. The third kappa shape index (κ3) is 4.71. The number of aliphatic hydroxyl groups is 2. The number of carbonyl (C=O) groups is 1. The number of esters is 1. The second-order valence-corrected chi connectivity index (χ2v) is 5.61. The van der Waals surface area contributed by atoms with Gasteiger partial charge in [0.2, 0.25) is 5.88 Å². The van der Waals surface area contributed by atoms with Gasteiger partial charge in [-0.25, -0.2) is 9.78 Å². The molecule has 0 radical (unpaired) electrons. The van der Waals surface area contributed by atoms with Gasteiger partial charge in [0.05, 0.1) is 13.2 Å². The van der Waals surface area contributed by atoms with Gasteiger partial charge in [-0.05, 0) is 19.1 Å². The summed E-state index contributed by atoms with van der Waals surface area (Å²) < 4.78 is 53.6. The van der Waals surface area contributed by atoms with Crippen molar-refractivity contribution in [3.63, 3.8) is 0 Å². The van der Waals surface area contributed by atoms with E-state index in [1.807, 2.05) is 0 Å². The van der Waals surface area contributed by atoms with E-state index in [4.69, 9.17) is 9.47 Å². The van der Waals surface area contributed by atoms with Crippen molar-refractivity contribution in [1.82, 2.24) is 4.98 Å². The molecule has 1 aromatic rings. The maximum absolute atomic E-state index is 12.8. The molecule has 2 heterocycles. The number of pyridine rings is 1. The normalized spacial score (nSPS) is 29.6. The lowest BCUT2D eigenvalue weighted by Crippen LogP contribution is -2.58. The lowest BCUT2D eigenvalue weighted by molar-refractivity contribution is -0.197. The second-order valence-electron chi connectivity index (χ2n) is 5.61. The summed E-state index contributed by atoms with van der Waals surface area (Å²) in [6.45, 7) is 1.49. The zero-order valence-electron chi connectivity index (χ0n) is 13.9. The topological polar surface area (TPSA) is 98.1 Å². The first-order chi connectivity index (χ1) is 12.1. The minimum absolute atomic E-state index is 0.411. The number of carbonyl (C=O) groups excluding carboxylic acids is 1. The number of hydrogen-bond acceptors (Lipinski definition) is 7. The van der Waals surface area contributed by atoms with Crippen molar-refractivity contribution >= 4 is 5.97 Å². The molecule has 2 rings (SSSR count). The van der Waals surface area contributed by atoms with Crippen molar-refractivity contribution in [3.8, 4) is 5.88 Å². The zero-order chi connectivity index (χ0) is 19.5. The molecule has 0 spiro atoms. The van der Waals surface area contributed by atoms with Crippen molar-refractivity contribution < 1.29 is 42.4 Å².